The first-order chi connectivity index (χ1) is 59.7. The van der Waals surface area contributed by atoms with Crippen molar-refractivity contribution in [3.05, 3.63) is 237 Å². The molecule has 1 aliphatic carbocycles. The van der Waals surface area contributed by atoms with E-state index >= 15 is 0 Å². The third-order valence-electron chi connectivity index (χ3n) is 20.5. The molecule has 9 rings (SSSR count). The fraction of sp³-hybridized carbons (Fsp3) is 0.391. The van der Waals surface area contributed by atoms with Crippen LogP contribution in [0.2, 0.25) is 0 Å². The van der Waals surface area contributed by atoms with Crippen molar-refractivity contribution >= 4 is 47.3 Å². The number of benzene rings is 8. The third-order valence-corrected chi connectivity index (χ3v) is 20.5. The molecular weight excluding hydrogens is 1590 g/mol. The molecule has 8 unspecified atom stereocenters. The van der Waals surface area contributed by atoms with Gasteiger partial charge in [0.2, 0.25) is 0 Å². The zero-order chi connectivity index (χ0) is 89.5. The van der Waals surface area contributed by atoms with Gasteiger partial charge in [0.25, 0.3) is 47.3 Å². The van der Waals surface area contributed by atoms with Crippen molar-refractivity contribution in [2.45, 2.75) is 127 Å². The lowest BCUT2D eigenvalue weighted by Crippen LogP contribution is -2.40. The molecule has 124 heavy (non-hydrogen) atoms. The van der Waals surface area contributed by atoms with Gasteiger partial charge in [-0.1, -0.05) is 121 Å². The lowest BCUT2D eigenvalue weighted by molar-refractivity contribution is -0.124. The molecule has 0 saturated carbocycles. The molecule has 8 bridgehead atoms. The van der Waals surface area contributed by atoms with Gasteiger partial charge in [-0.15, -0.1) is 0 Å². The number of ether oxygens (including phenoxy) is 8. The predicted molar refractivity (Wildman–Crippen MR) is 473 cm³/mol. The summed E-state index contributed by atoms with van der Waals surface area (Å²) in [5.41, 5.74) is 53.4. The van der Waals surface area contributed by atoms with Gasteiger partial charge in [0.05, 0.1) is 0 Å². The van der Waals surface area contributed by atoms with Gasteiger partial charge in [-0.2, -0.15) is 0 Å². The van der Waals surface area contributed by atoms with Crippen LogP contribution in [0.25, 0.3) is 0 Å². The minimum absolute atomic E-state index is 0.00162. The Morgan fingerprint density at radius 2 is 0.339 bits per heavy atom. The SMILES string of the molecule is CC(CN)NC(=O)COc1cc(OCC(=O)NC(C)CN)c2cc1C(c1ccccc1)c1cc(c(OCC(=O)NC(C)CN)cc1OCC(=O)NC(C)CN)C(c1ccccc1)c1cc(c(OCC(=O)NC(C)CN)cc1OCC(=O)NC(C)CN)C(c1ccccc1)c1cc(c(OCC(=O)NC(C)CN)cc1OCC(=O)NC(C)CN)C2c1ccccc1. The molecule has 1 aliphatic rings. The number of carbonyl (C=O) groups is 8. The number of carbonyl (C=O) groups excluding carboxylic acids is 8. The second-order valence-electron chi connectivity index (χ2n) is 31.0. The lowest BCUT2D eigenvalue weighted by atomic mass is 9.75. The summed E-state index contributed by atoms with van der Waals surface area (Å²) in [4.78, 5) is 116. The molecule has 32 nitrogen and oxygen atoms in total. The molecule has 8 amide bonds. The Balaban J connectivity index is 1.63. The van der Waals surface area contributed by atoms with Gasteiger partial charge in [0.15, 0.2) is 52.9 Å². The summed E-state index contributed by atoms with van der Waals surface area (Å²) >= 11 is 0. The molecule has 0 aliphatic heterocycles. The summed E-state index contributed by atoms with van der Waals surface area (Å²) in [7, 11) is 0. The van der Waals surface area contributed by atoms with E-state index in [1.807, 2.05) is 146 Å². The maximum Gasteiger partial charge on any atom is 0.258 e. The van der Waals surface area contributed by atoms with Gasteiger partial charge in [0.1, 0.15) is 46.0 Å². The molecule has 0 aromatic heterocycles. The van der Waals surface area contributed by atoms with E-state index < -0.39 is 172 Å². The van der Waals surface area contributed by atoms with Crippen molar-refractivity contribution < 1.29 is 76.3 Å². The summed E-state index contributed by atoms with van der Waals surface area (Å²) in [6.45, 7) is 9.29. The Hall–Kier alpha value is -12.4. The Morgan fingerprint density at radius 3 is 0.452 bits per heavy atom. The number of nitrogens with two attached hydrogens (primary N) is 8. The summed E-state index contributed by atoms with van der Waals surface area (Å²) in [5, 5.41) is 23.3. The zero-order valence-corrected chi connectivity index (χ0v) is 71.6. The molecule has 0 radical (unpaired) electrons. The van der Waals surface area contributed by atoms with Gasteiger partial charge >= 0.3 is 0 Å². The van der Waals surface area contributed by atoms with Crippen molar-refractivity contribution in [2.75, 3.05) is 105 Å². The minimum Gasteiger partial charge on any atom is -0.483 e. The van der Waals surface area contributed by atoms with Crippen LogP contribution in [0.3, 0.4) is 0 Å². The molecule has 664 valence electrons. The van der Waals surface area contributed by atoms with Crippen molar-refractivity contribution in [3.63, 3.8) is 0 Å². The van der Waals surface area contributed by atoms with E-state index in [2.05, 4.69) is 42.5 Å². The average molecular weight is 1710 g/mol. The molecular formula is C92H120N16O16. The molecule has 8 aromatic carbocycles. The van der Waals surface area contributed by atoms with E-state index in [1.54, 1.807) is 79.7 Å². The topological polar surface area (TPSA) is 515 Å². The first kappa shape index (κ1) is 95.4. The van der Waals surface area contributed by atoms with Crippen LogP contribution < -0.4 is 126 Å². The first-order valence-electron chi connectivity index (χ1n) is 41.6. The zero-order valence-electron chi connectivity index (χ0n) is 71.6. The predicted octanol–water partition coefficient (Wildman–Crippen LogP) is 3.46. The average Bonchev–Trinajstić information content (AvgIpc) is 0.732. The highest BCUT2D eigenvalue weighted by molar-refractivity contribution is 5.83. The van der Waals surface area contributed by atoms with E-state index in [1.165, 1.54) is 0 Å². The van der Waals surface area contributed by atoms with E-state index in [-0.39, 0.29) is 143 Å². The van der Waals surface area contributed by atoms with Gasteiger partial charge in [0, 0.05) is 193 Å². The standard InChI is InChI=1S/C92H120N16O16/c1-53(37-93)101-81(109)45-117-73-33-74(118-46-82(110)102-54(2)38-94)66-29-65(73)89(61-21-13-9-14-22-61)67-30-68(76(120-48-84(112)104-56(4)40-96)34-75(67)119-47-83(111)103-55(3)39-95)91(63-25-17-11-18-26-63)71-32-72(80(124-52-88(116)108-60(8)44-100)36-79(71)123-51-87(115)107-59(7)43-99)92(64-27-19-12-20-28-64)70-31-69(90(66)62-23-15-10-16-24-62)77(121-49-85(113)105-57(5)41-97)35-78(70)122-50-86(114)106-58(6)42-98/h9-36,53-60,89-92H,37-52,93-100H2,1-8H3,(H,101,109)(H,102,110)(H,103,111)(H,104,112)(H,105,113)(H,106,114)(H,107,115)(H,108,116). The minimum atomic E-state index is -1.21. The van der Waals surface area contributed by atoms with E-state index in [0.29, 0.717) is 22.3 Å². The molecule has 32 heteroatoms. The van der Waals surface area contributed by atoms with E-state index in [4.69, 9.17) is 83.8 Å². The smallest absolute Gasteiger partial charge is 0.258 e. The van der Waals surface area contributed by atoms with Crippen LogP contribution in [0.1, 0.15) is 146 Å². The van der Waals surface area contributed by atoms with Crippen LogP contribution in [-0.4, -0.2) is 201 Å². The van der Waals surface area contributed by atoms with E-state index in [9.17, 15) is 38.4 Å². The number of hydrogen-bond donors (Lipinski definition) is 16. The monoisotopic (exact) mass is 1700 g/mol. The van der Waals surface area contributed by atoms with Crippen LogP contribution >= 0.6 is 0 Å². The molecule has 0 fully saturated rings. The maximum absolute atomic E-state index is 14.5. The van der Waals surface area contributed by atoms with Crippen LogP contribution in [0.15, 0.2) is 170 Å². The molecule has 24 N–H and O–H groups in total. The molecule has 8 atom stereocenters. The van der Waals surface area contributed by atoms with Crippen molar-refractivity contribution in [2.24, 2.45) is 45.9 Å². The quantitative estimate of drug-likeness (QED) is 0.0260. The van der Waals surface area contributed by atoms with Gasteiger partial charge in [-0.05, 0) is 102 Å². The lowest BCUT2D eigenvalue weighted by Gasteiger charge is -2.33. The highest BCUT2D eigenvalue weighted by atomic mass is 16.5. The Labute approximate surface area is 723 Å². The number of amides is 8. The Bertz CT molecular complexity index is 4080. The van der Waals surface area contributed by atoms with Crippen LogP contribution in [0, 0.1) is 0 Å². The Morgan fingerprint density at radius 1 is 0.218 bits per heavy atom. The number of rotatable bonds is 44. The van der Waals surface area contributed by atoms with E-state index in [0.717, 1.165) is 0 Å². The van der Waals surface area contributed by atoms with Crippen molar-refractivity contribution in [3.8, 4) is 46.0 Å². The van der Waals surface area contributed by atoms with Crippen LogP contribution in [0.4, 0.5) is 0 Å². The molecule has 0 saturated heterocycles. The number of hydrogen-bond acceptors (Lipinski definition) is 24. The van der Waals surface area contributed by atoms with Gasteiger partial charge < -0.3 is 126 Å². The molecule has 8 aromatic rings. The van der Waals surface area contributed by atoms with Crippen molar-refractivity contribution in [1.29, 1.82) is 0 Å². The van der Waals surface area contributed by atoms with Crippen molar-refractivity contribution in [1.82, 2.24) is 42.5 Å². The third kappa shape index (κ3) is 26.8. The van der Waals surface area contributed by atoms with Crippen LogP contribution in [0.5, 0.6) is 46.0 Å². The van der Waals surface area contributed by atoms with Gasteiger partial charge in [-0.3, -0.25) is 38.4 Å². The summed E-state index contributed by atoms with van der Waals surface area (Å²) in [6.07, 6.45) is 0. The van der Waals surface area contributed by atoms with Crippen LogP contribution in [-0.2, 0) is 38.4 Å². The summed E-state index contributed by atoms with van der Waals surface area (Å²) < 4.78 is 55.9. The highest BCUT2D eigenvalue weighted by Crippen LogP contribution is 2.55. The Kier molecular flexibility index (Phi) is 36.4. The number of fused-ring (bicyclic) bond motifs is 8. The van der Waals surface area contributed by atoms with Gasteiger partial charge in [-0.25, -0.2) is 0 Å². The second-order valence-corrected chi connectivity index (χ2v) is 31.0. The highest BCUT2D eigenvalue weighted by Gasteiger charge is 2.39. The summed E-state index contributed by atoms with van der Waals surface area (Å²) in [6, 6.07) is 46.2. The first-order valence-corrected chi connectivity index (χ1v) is 41.6. The second kappa shape index (κ2) is 47.3. The largest absolute Gasteiger partial charge is 0.483 e. The fourth-order valence-electron chi connectivity index (χ4n) is 14.0. The molecule has 0 heterocycles. The summed E-state index contributed by atoms with van der Waals surface area (Å²) in [5.74, 6) is -9.44. The molecule has 0 spiro atoms. The fourth-order valence-corrected chi connectivity index (χ4v) is 14.0. The normalized spacial score (nSPS) is 15.9. The number of nitrogens with one attached hydrogen (secondary N) is 8. The maximum atomic E-state index is 14.5.